The maximum Gasteiger partial charge on any atom is 0.233 e. The van der Waals surface area contributed by atoms with Crippen LogP contribution in [0, 0.1) is 0 Å². The second-order valence-electron chi connectivity index (χ2n) is 7.21. The van der Waals surface area contributed by atoms with Gasteiger partial charge in [0.1, 0.15) is 5.76 Å². The van der Waals surface area contributed by atoms with Gasteiger partial charge < -0.3 is 4.42 Å². The molecular formula is C23H22N2O4S3. The van der Waals surface area contributed by atoms with Crippen molar-refractivity contribution in [3.05, 3.63) is 72.2 Å². The zero-order valence-electron chi connectivity index (χ0n) is 17.6. The highest BCUT2D eigenvalue weighted by atomic mass is 32.2. The molecule has 0 aliphatic carbocycles. The molecule has 9 heteroatoms. The summed E-state index contributed by atoms with van der Waals surface area (Å²) in [5.74, 6) is 1.53. The summed E-state index contributed by atoms with van der Waals surface area (Å²) in [5.41, 5.74) is 1.57. The number of thioether (sulfide) groups is 1. The van der Waals surface area contributed by atoms with Crippen LogP contribution in [-0.2, 0) is 27.6 Å². The molecule has 2 aromatic heterocycles. The third-order valence-electron chi connectivity index (χ3n) is 4.79. The van der Waals surface area contributed by atoms with Gasteiger partial charge in [-0.05, 0) is 53.8 Å². The molecule has 0 saturated carbocycles. The molecular weight excluding hydrogens is 464 g/mol. The number of hydrogen-bond donors (Lipinski definition) is 0. The third-order valence-corrected chi connectivity index (χ3v) is 7.84. The Balaban J connectivity index is 1.64. The lowest BCUT2D eigenvalue weighted by atomic mass is 10.1. The maximum atomic E-state index is 13.3. The van der Waals surface area contributed by atoms with Crippen LogP contribution in [0.1, 0.15) is 18.2 Å². The highest BCUT2D eigenvalue weighted by Gasteiger charge is 2.22. The van der Waals surface area contributed by atoms with E-state index in [0.29, 0.717) is 21.1 Å². The summed E-state index contributed by atoms with van der Waals surface area (Å²) in [6.45, 7) is 2.35. The fourth-order valence-electron chi connectivity index (χ4n) is 3.20. The van der Waals surface area contributed by atoms with Crippen LogP contribution in [0.2, 0.25) is 0 Å². The van der Waals surface area contributed by atoms with Gasteiger partial charge in [0.05, 0.1) is 34.3 Å². The molecule has 32 heavy (non-hydrogen) atoms. The average Bonchev–Trinajstić information content (AvgIpc) is 3.41. The van der Waals surface area contributed by atoms with Gasteiger partial charge in [0.25, 0.3) is 0 Å². The Bertz CT molecular complexity index is 1330. The van der Waals surface area contributed by atoms with E-state index in [9.17, 15) is 13.2 Å². The van der Waals surface area contributed by atoms with Crippen molar-refractivity contribution in [2.45, 2.75) is 29.7 Å². The number of aromatic nitrogens is 1. The topological polar surface area (TPSA) is 80.5 Å². The van der Waals surface area contributed by atoms with Crippen LogP contribution in [-0.4, -0.2) is 31.3 Å². The zero-order chi connectivity index (χ0) is 22.7. The quantitative estimate of drug-likeness (QED) is 0.319. The van der Waals surface area contributed by atoms with Crippen LogP contribution < -0.4 is 4.90 Å². The summed E-state index contributed by atoms with van der Waals surface area (Å²) in [6, 6.07) is 16.4. The Morgan fingerprint density at radius 1 is 1.16 bits per heavy atom. The smallest absolute Gasteiger partial charge is 0.233 e. The maximum absolute atomic E-state index is 13.3. The number of carbonyl (C=O) groups excluding carboxylic acids is 1. The lowest BCUT2D eigenvalue weighted by Gasteiger charge is -2.19. The van der Waals surface area contributed by atoms with Crippen molar-refractivity contribution in [3.8, 4) is 0 Å². The zero-order valence-corrected chi connectivity index (χ0v) is 20.1. The predicted molar refractivity (Wildman–Crippen MR) is 129 cm³/mol. The Hall–Kier alpha value is -2.62. The van der Waals surface area contributed by atoms with Gasteiger partial charge in [-0.25, -0.2) is 13.4 Å². The predicted octanol–water partition coefficient (Wildman–Crippen LogP) is 5.18. The second kappa shape index (κ2) is 9.48. The molecule has 0 N–H and O–H groups in total. The molecule has 166 valence electrons. The van der Waals surface area contributed by atoms with Crippen LogP contribution >= 0.6 is 23.1 Å². The van der Waals surface area contributed by atoms with E-state index in [2.05, 4.69) is 11.9 Å². The van der Waals surface area contributed by atoms with E-state index in [1.54, 1.807) is 41.1 Å². The Morgan fingerprint density at radius 2 is 1.94 bits per heavy atom. The Labute approximate surface area is 195 Å². The van der Waals surface area contributed by atoms with E-state index in [4.69, 9.17) is 4.42 Å². The molecule has 0 fully saturated rings. The van der Waals surface area contributed by atoms with Crippen molar-refractivity contribution in [2.24, 2.45) is 0 Å². The van der Waals surface area contributed by atoms with Crippen LogP contribution in [0.5, 0.6) is 0 Å². The van der Waals surface area contributed by atoms with Gasteiger partial charge in [-0.1, -0.05) is 30.4 Å². The number of benzene rings is 2. The molecule has 0 atom stereocenters. The summed E-state index contributed by atoms with van der Waals surface area (Å²) < 4.78 is 30.0. The fraction of sp³-hybridized carbons (Fsp3) is 0.217. The van der Waals surface area contributed by atoms with Crippen molar-refractivity contribution in [1.82, 2.24) is 4.98 Å². The van der Waals surface area contributed by atoms with Crippen molar-refractivity contribution in [1.29, 1.82) is 0 Å². The SMILES string of the molecule is CCSc1ccc(CC(=O)N(Cc2ccco2)c2nc3ccc(S(C)(=O)=O)cc3s2)cc1. The number of rotatable bonds is 8. The second-order valence-corrected chi connectivity index (χ2v) is 11.6. The van der Waals surface area contributed by atoms with E-state index in [-0.39, 0.29) is 23.8 Å². The molecule has 0 saturated heterocycles. The van der Waals surface area contributed by atoms with Crippen LogP contribution in [0.4, 0.5) is 5.13 Å². The molecule has 6 nitrogen and oxygen atoms in total. The van der Waals surface area contributed by atoms with E-state index >= 15 is 0 Å². The monoisotopic (exact) mass is 486 g/mol. The first kappa shape index (κ1) is 22.6. The van der Waals surface area contributed by atoms with Crippen molar-refractivity contribution in [2.75, 3.05) is 16.9 Å². The Morgan fingerprint density at radius 3 is 2.59 bits per heavy atom. The summed E-state index contributed by atoms with van der Waals surface area (Å²) in [6.07, 6.45) is 2.97. The Kier molecular flexibility index (Phi) is 6.68. The van der Waals surface area contributed by atoms with Gasteiger partial charge in [-0.15, -0.1) is 11.8 Å². The molecule has 0 aliphatic rings. The number of thiazole rings is 1. The molecule has 0 spiro atoms. The van der Waals surface area contributed by atoms with Crippen LogP contribution in [0.15, 0.2) is 75.1 Å². The van der Waals surface area contributed by atoms with E-state index in [0.717, 1.165) is 11.3 Å². The lowest BCUT2D eigenvalue weighted by molar-refractivity contribution is -0.118. The number of nitrogens with zero attached hydrogens (tertiary/aromatic N) is 2. The number of hydrogen-bond acceptors (Lipinski definition) is 7. The van der Waals surface area contributed by atoms with Gasteiger partial charge in [0.2, 0.25) is 5.91 Å². The number of carbonyl (C=O) groups is 1. The van der Waals surface area contributed by atoms with E-state index < -0.39 is 9.84 Å². The van der Waals surface area contributed by atoms with Gasteiger partial charge in [-0.2, -0.15) is 0 Å². The number of furan rings is 1. The minimum absolute atomic E-state index is 0.111. The number of sulfone groups is 1. The molecule has 2 aromatic carbocycles. The average molecular weight is 487 g/mol. The van der Waals surface area contributed by atoms with Gasteiger partial charge >= 0.3 is 0 Å². The molecule has 4 rings (SSSR count). The van der Waals surface area contributed by atoms with Crippen molar-refractivity contribution >= 4 is 54.2 Å². The summed E-state index contributed by atoms with van der Waals surface area (Å²) in [5, 5.41) is 0.505. The first-order chi connectivity index (χ1) is 15.3. The van der Waals surface area contributed by atoms with Gasteiger partial charge in [0.15, 0.2) is 15.0 Å². The summed E-state index contributed by atoms with van der Waals surface area (Å²) >= 11 is 3.05. The molecule has 4 aromatic rings. The number of fused-ring (bicyclic) bond motifs is 1. The van der Waals surface area contributed by atoms with E-state index in [1.165, 1.54) is 28.6 Å². The van der Waals surface area contributed by atoms with Crippen LogP contribution in [0.3, 0.4) is 0 Å². The highest BCUT2D eigenvalue weighted by Crippen LogP contribution is 2.32. The standard InChI is InChI=1S/C23H22N2O4S3/c1-3-30-18-8-6-16(7-9-18)13-22(26)25(15-17-5-4-12-29-17)23-24-20-11-10-19(32(2,27)28)14-21(20)31-23/h4-12,14H,3,13,15H2,1-2H3. The van der Waals surface area contributed by atoms with Crippen LogP contribution in [0.25, 0.3) is 10.2 Å². The lowest BCUT2D eigenvalue weighted by Crippen LogP contribution is -2.31. The minimum atomic E-state index is -3.33. The van der Waals surface area contributed by atoms with E-state index in [1.807, 2.05) is 30.3 Å². The molecule has 0 bridgehead atoms. The first-order valence-electron chi connectivity index (χ1n) is 9.98. The molecule has 0 aliphatic heterocycles. The largest absolute Gasteiger partial charge is 0.467 e. The number of amides is 1. The van der Waals surface area contributed by atoms with Gasteiger partial charge in [0, 0.05) is 11.2 Å². The summed E-state index contributed by atoms with van der Waals surface area (Å²) in [7, 11) is -3.33. The normalized spacial score (nSPS) is 11.7. The van der Waals surface area contributed by atoms with Gasteiger partial charge in [-0.3, -0.25) is 9.69 Å². The first-order valence-corrected chi connectivity index (χ1v) is 13.7. The third kappa shape index (κ3) is 5.23. The van der Waals surface area contributed by atoms with Crippen molar-refractivity contribution < 1.29 is 17.6 Å². The van der Waals surface area contributed by atoms with Crippen molar-refractivity contribution in [3.63, 3.8) is 0 Å². The molecule has 0 unspecified atom stereocenters. The summed E-state index contributed by atoms with van der Waals surface area (Å²) in [4.78, 5) is 20.9. The molecule has 1 amide bonds. The fourth-order valence-corrected chi connectivity index (χ4v) is 5.61. The minimum Gasteiger partial charge on any atom is -0.467 e. The highest BCUT2D eigenvalue weighted by molar-refractivity contribution is 7.99. The molecule has 2 heterocycles. The molecule has 0 radical (unpaired) electrons. The number of anilines is 1.